The summed E-state index contributed by atoms with van der Waals surface area (Å²) in [5.41, 5.74) is -0.118. The fourth-order valence-electron chi connectivity index (χ4n) is 2.21. The lowest BCUT2D eigenvalue weighted by Gasteiger charge is -2.23. The zero-order valence-corrected chi connectivity index (χ0v) is 12.4. The maximum absolute atomic E-state index is 12.3. The molecule has 8 nitrogen and oxygen atoms in total. The topological polar surface area (TPSA) is 111 Å². The Kier molecular flexibility index (Phi) is 4.63. The largest absolute Gasteiger partial charge is 0.495 e. The zero-order valence-electron chi connectivity index (χ0n) is 11.5. The summed E-state index contributed by atoms with van der Waals surface area (Å²) < 4.78 is 32.1. The van der Waals surface area contributed by atoms with Crippen molar-refractivity contribution in [3.8, 4) is 5.75 Å². The van der Waals surface area contributed by atoms with Crippen LogP contribution in [0.25, 0.3) is 0 Å². The average Bonchev–Trinajstić information content (AvgIpc) is 2.47. The van der Waals surface area contributed by atoms with Crippen LogP contribution in [0.1, 0.15) is 12.8 Å². The van der Waals surface area contributed by atoms with Gasteiger partial charge in [-0.25, -0.2) is 8.42 Å². The normalized spacial score (nSPS) is 19.0. The predicted octanol–water partition coefficient (Wildman–Crippen LogP) is 1.10. The fraction of sp³-hybridized carbons (Fsp3) is 0.500. The number of benzene rings is 1. The quantitative estimate of drug-likeness (QED) is 0.622. The molecule has 0 aliphatic carbocycles. The van der Waals surface area contributed by atoms with E-state index in [1.165, 1.54) is 19.2 Å². The molecule has 0 radical (unpaired) electrons. The molecule has 0 saturated carbocycles. The van der Waals surface area contributed by atoms with Gasteiger partial charge in [-0.1, -0.05) is 0 Å². The maximum atomic E-state index is 12.3. The Balaban J connectivity index is 2.28. The second-order valence-corrected chi connectivity index (χ2v) is 6.72. The summed E-state index contributed by atoms with van der Waals surface area (Å²) in [4.78, 5) is 10.2. The van der Waals surface area contributed by atoms with Crippen molar-refractivity contribution in [3.63, 3.8) is 0 Å². The average molecular weight is 315 g/mol. The van der Waals surface area contributed by atoms with Crippen LogP contribution in [0.2, 0.25) is 0 Å². The number of nitro benzene ring substituents is 1. The first-order valence-corrected chi connectivity index (χ1v) is 8.03. The summed E-state index contributed by atoms with van der Waals surface area (Å²) in [6.07, 6.45) is 1.33. The van der Waals surface area contributed by atoms with Crippen LogP contribution in [-0.4, -0.2) is 38.8 Å². The predicted molar refractivity (Wildman–Crippen MR) is 78.1 cm³/mol. The van der Waals surface area contributed by atoms with Crippen molar-refractivity contribution in [1.82, 2.24) is 5.32 Å². The van der Waals surface area contributed by atoms with Crippen LogP contribution in [-0.2, 0) is 10.0 Å². The SMILES string of the molecule is COc1ccc([N+](=O)[O-])cc1NS(=O)(=O)C1CCCNC1. The minimum absolute atomic E-state index is 0.0808. The molecule has 1 aromatic carbocycles. The summed E-state index contributed by atoms with van der Waals surface area (Å²) in [5, 5.41) is 13.3. The van der Waals surface area contributed by atoms with Gasteiger partial charge in [0.15, 0.2) is 0 Å². The van der Waals surface area contributed by atoms with Crippen molar-refractivity contribution in [1.29, 1.82) is 0 Å². The number of rotatable bonds is 5. The minimum atomic E-state index is -3.63. The third kappa shape index (κ3) is 3.61. The van der Waals surface area contributed by atoms with Gasteiger partial charge in [-0.2, -0.15) is 0 Å². The van der Waals surface area contributed by atoms with Gasteiger partial charge in [0, 0.05) is 18.7 Å². The Hall–Kier alpha value is -1.87. The van der Waals surface area contributed by atoms with Gasteiger partial charge in [0.25, 0.3) is 5.69 Å². The van der Waals surface area contributed by atoms with Crippen LogP contribution in [0.5, 0.6) is 5.75 Å². The molecule has 1 unspecified atom stereocenters. The van der Waals surface area contributed by atoms with Gasteiger partial charge in [-0.15, -0.1) is 0 Å². The summed E-state index contributed by atoms with van der Waals surface area (Å²) in [5.74, 6) is 0.243. The first-order chi connectivity index (χ1) is 9.94. The Bertz CT molecular complexity index is 626. The number of nitrogens with zero attached hydrogens (tertiary/aromatic N) is 1. The van der Waals surface area contributed by atoms with E-state index >= 15 is 0 Å². The van der Waals surface area contributed by atoms with E-state index in [1.807, 2.05) is 0 Å². The molecule has 2 N–H and O–H groups in total. The summed E-state index contributed by atoms with van der Waals surface area (Å²) >= 11 is 0. The highest BCUT2D eigenvalue weighted by molar-refractivity contribution is 7.93. The van der Waals surface area contributed by atoms with Crippen LogP contribution in [0, 0.1) is 10.1 Å². The summed E-state index contributed by atoms with van der Waals surface area (Å²) in [6.45, 7) is 1.17. The number of piperidine rings is 1. The van der Waals surface area contributed by atoms with Crippen molar-refractivity contribution in [2.75, 3.05) is 24.9 Å². The van der Waals surface area contributed by atoms with Crippen LogP contribution in [0.4, 0.5) is 11.4 Å². The lowest BCUT2D eigenvalue weighted by molar-refractivity contribution is -0.384. The molecule has 1 aliphatic heterocycles. The molecule has 0 aromatic heterocycles. The molecule has 0 bridgehead atoms. The van der Waals surface area contributed by atoms with Gasteiger partial charge >= 0.3 is 0 Å². The molecule has 1 aliphatic rings. The molecule has 2 rings (SSSR count). The molecular formula is C12H17N3O5S. The zero-order chi connectivity index (χ0) is 15.5. The first-order valence-electron chi connectivity index (χ1n) is 6.49. The Labute approximate surface area is 122 Å². The standard InChI is InChI=1S/C12H17N3O5S/c1-20-12-5-4-9(15(16)17)7-11(12)14-21(18,19)10-3-2-6-13-8-10/h4-5,7,10,13-14H,2-3,6,8H2,1H3. The van der Waals surface area contributed by atoms with Gasteiger partial charge < -0.3 is 10.1 Å². The molecule has 116 valence electrons. The van der Waals surface area contributed by atoms with Crippen molar-refractivity contribution >= 4 is 21.4 Å². The van der Waals surface area contributed by atoms with E-state index in [-0.39, 0.29) is 17.1 Å². The molecule has 21 heavy (non-hydrogen) atoms. The molecule has 1 fully saturated rings. The van der Waals surface area contributed by atoms with Crippen molar-refractivity contribution in [3.05, 3.63) is 28.3 Å². The van der Waals surface area contributed by atoms with Crippen molar-refractivity contribution in [2.45, 2.75) is 18.1 Å². The summed E-state index contributed by atoms with van der Waals surface area (Å²) in [6, 6.07) is 3.79. The molecule has 9 heteroatoms. The number of methoxy groups -OCH3 is 1. The van der Waals surface area contributed by atoms with Crippen molar-refractivity contribution in [2.24, 2.45) is 0 Å². The number of nitro groups is 1. The van der Waals surface area contributed by atoms with Gasteiger partial charge in [0.1, 0.15) is 5.75 Å². The second-order valence-electron chi connectivity index (χ2n) is 4.76. The molecular weight excluding hydrogens is 298 g/mol. The Morgan fingerprint density at radius 2 is 2.24 bits per heavy atom. The molecule has 1 aromatic rings. The molecule has 1 heterocycles. The van der Waals surface area contributed by atoms with Crippen LogP contribution >= 0.6 is 0 Å². The number of sulfonamides is 1. The van der Waals surface area contributed by atoms with Gasteiger partial charge in [-0.05, 0) is 25.5 Å². The highest BCUT2D eigenvalue weighted by Gasteiger charge is 2.28. The van der Waals surface area contributed by atoms with E-state index in [9.17, 15) is 18.5 Å². The van der Waals surface area contributed by atoms with Gasteiger partial charge in [0.05, 0.1) is 23.0 Å². The summed E-state index contributed by atoms with van der Waals surface area (Å²) in [7, 11) is -2.25. The Morgan fingerprint density at radius 3 is 2.81 bits per heavy atom. The molecule has 1 atom stereocenters. The van der Waals surface area contributed by atoms with Crippen molar-refractivity contribution < 1.29 is 18.1 Å². The molecule has 0 amide bonds. The third-order valence-corrected chi connectivity index (χ3v) is 5.12. The lowest BCUT2D eigenvalue weighted by Crippen LogP contribution is -2.41. The number of non-ortho nitro benzene ring substituents is 1. The van der Waals surface area contributed by atoms with E-state index in [2.05, 4.69) is 10.0 Å². The van der Waals surface area contributed by atoms with E-state index in [1.54, 1.807) is 0 Å². The minimum Gasteiger partial charge on any atom is -0.495 e. The van der Waals surface area contributed by atoms with Gasteiger partial charge in [-0.3, -0.25) is 14.8 Å². The second kappa shape index (κ2) is 6.27. The first kappa shape index (κ1) is 15.5. The number of anilines is 1. The highest BCUT2D eigenvalue weighted by Crippen LogP contribution is 2.30. The van der Waals surface area contributed by atoms with E-state index in [4.69, 9.17) is 4.74 Å². The van der Waals surface area contributed by atoms with E-state index < -0.39 is 20.2 Å². The lowest BCUT2D eigenvalue weighted by atomic mass is 10.2. The fourth-order valence-corrected chi connectivity index (χ4v) is 3.66. The van der Waals surface area contributed by atoms with E-state index in [0.29, 0.717) is 13.0 Å². The number of nitrogens with one attached hydrogen (secondary N) is 2. The van der Waals surface area contributed by atoms with Gasteiger partial charge in [0.2, 0.25) is 10.0 Å². The smallest absolute Gasteiger partial charge is 0.271 e. The molecule has 0 spiro atoms. The third-order valence-electron chi connectivity index (χ3n) is 3.34. The number of ether oxygens (including phenoxy) is 1. The Morgan fingerprint density at radius 1 is 1.48 bits per heavy atom. The van der Waals surface area contributed by atoms with Crippen LogP contribution in [0.3, 0.4) is 0 Å². The highest BCUT2D eigenvalue weighted by atomic mass is 32.2. The van der Waals surface area contributed by atoms with Crippen LogP contribution in [0.15, 0.2) is 18.2 Å². The monoisotopic (exact) mass is 315 g/mol. The number of hydrogen-bond donors (Lipinski definition) is 2. The van der Waals surface area contributed by atoms with E-state index in [0.717, 1.165) is 19.0 Å². The molecule has 1 saturated heterocycles. The maximum Gasteiger partial charge on any atom is 0.271 e. The van der Waals surface area contributed by atoms with Crippen LogP contribution < -0.4 is 14.8 Å². The number of hydrogen-bond acceptors (Lipinski definition) is 6.